The average Bonchev–Trinajstić information content (AvgIpc) is 2.98. The molecule has 0 spiro atoms. The van der Waals surface area contributed by atoms with Gasteiger partial charge in [0.25, 0.3) is 0 Å². The highest BCUT2D eigenvalue weighted by Gasteiger charge is 2.41. The topological polar surface area (TPSA) is 3.24 Å². The summed E-state index contributed by atoms with van der Waals surface area (Å²) in [5, 5.41) is 0. The van der Waals surface area contributed by atoms with E-state index >= 15 is 0 Å². The molecule has 0 radical (unpaired) electrons. The SMILES string of the molecule is CCCN1CC[C@@H]2c3ccccc3[C@H](c3ccccc3)C[C@@H]21.Cl. The van der Waals surface area contributed by atoms with Gasteiger partial charge >= 0.3 is 0 Å². The van der Waals surface area contributed by atoms with Crippen LogP contribution in [0.5, 0.6) is 0 Å². The Hall–Kier alpha value is -1.31. The first-order chi connectivity index (χ1) is 10.9. The molecular weight excluding hydrogens is 302 g/mol. The first kappa shape index (κ1) is 16.5. The van der Waals surface area contributed by atoms with E-state index < -0.39 is 0 Å². The Morgan fingerprint density at radius 1 is 0.957 bits per heavy atom. The molecule has 0 aromatic heterocycles. The molecule has 2 aromatic rings. The van der Waals surface area contributed by atoms with Crippen LogP contribution in [-0.4, -0.2) is 24.0 Å². The first-order valence-electron chi connectivity index (χ1n) is 8.76. The van der Waals surface area contributed by atoms with E-state index in [2.05, 4.69) is 66.4 Å². The zero-order valence-electron chi connectivity index (χ0n) is 13.8. The van der Waals surface area contributed by atoms with E-state index in [4.69, 9.17) is 0 Å². The molecule has 2 aromatic carbocycles. The van der Waals surface area contributed by atoms with E-state index in [9.17, 15) is 0 Å². The van der Waals surface area contributed by atoms with Crippen LogP contribution in [0.1, 0.15) is 54.7 Å². The van der Waals surface area contributed by atoms with Gasteiger partial charge in [-0.1, -0.05) is 61.5 Å². The number of fused-ring (bicyclic) bond motifs is 3. The smallest absolute Gasteiger partial charge is 0.0174 e. The van der Waals surface area contributed by atoms with E-state index in [1.165, 1.54) is 37.9 Å². The Morgan fingerprint density at radius 3 is 2.39 bits per heavy atom. The van der Waals surface area contributed by atoms with E-state index in [1.54, 1.807) is 11.1 Å². The highest BCUT2D eigenvalue weighted by atomic mass is 35.5. The van der Waals surface area contributed by atoms with Gasteiger partial charge in [-0.15, -0.1) is 12.4 Å². The van der Waals surface area contributed by atoms with Gasteiger partial charge in [-0.05, 0) is 49.0 Å². The second-order valence-electron chi connectivity index (χ2n) is 6.83. The zero-order valence-corrected chi connectivity index (χ0v) is 14.6. The minimum atomic E-state index is 0. The maximum Gasteiger partial charge on any atom is 0.0174 e. The second-order valence-corrected chi connectivity index (χ2v) is 6.83. The summed E-state index contributed by atoms with van der Waals surface area (Å²) in [7, 11) is 0. The van der Waals surface area contributed by atoms with Crippen LogP contribution >= 0.6 is 12.4 Å². The van der Waals surface area contributed by atoms with Crippen molar-refractivity contribution >= 4 is 12.4 Å². The fraction of sp³-hybridized carbons (Fsp3) is 0.429. The van der Waals surface area contributed by atoms with Crippen LogP contribution in [0.25, 0.3) is 0 Å². The lowest BCUT2D eigenvalue weighted by Gasteiger charge is -2.38. The van der Waals surface area contributed by atoms with Crippen LogP contribution in [0, 0.1) is 0 Å². The van der Waals surface area contributed by atoms with Gasteiger partial charge in [-0.25, -0.2) is 0 Å². The van der Waals surface area contributed by atoms with E-state index in [-0.39, 0.29) is 12.4 Å². The van der Waals surface area contributed by atoms with Gasteiger partial charge < -0.3 is 0 Å². The van der Waals surface area contributed by atoms with Crippen molar-refractivity contribution in [3.63, 3.8) is 0 Å². The fourth-order valence-corrected chi connectivity index (χ4v) is 4.69. The van der Waals surface area contributed by atoms with Gasteiger partial charge in [0.15, 0.2) is 0 Å². The average molecular weight is 328 g/mol. The zero-order chi connectivity index (χ0) is 14.9. The van der Waals surface area contributed by atoms with Crippen molar-refractivity contribution in [3.05, 3.63) is 71.3 Å². The van der Waals surface area contributed by atoms with Crippen molar-refractivity contribution in [2.45, 2.75) is 44.1 Å². The predicted molar refractivity (Wildman–Crippen MR) is 99.6 cm³/mol. The lowest BCUT2D eigenvalue weighted by atomic mass is 9.71. The molecule has 0 bridgehead atoms. The minimum Gasteiger partial charge on any atom is -0.300 e. The molecule has 1 fully saturated rings. The van der Waals surface area contributed by atoms with Gasteiger partial charge in [-0.2, -0.15) is 0 Å². The predicted octanol–water partition coefficient (Wildman–Crippen LogP) is 5.21. The molecule has 23 heavy (non-hydrogen) atoms. The number of nitrogens with zero attached hydrogens (tertiary/aromatic N) is 1. The van der Waals surface area contributed by atoms with E-state index in [0.717, 1.165) is 12.0 Å². The summed E-state index contributed by atoms with van der Waals surface area (Å²) < 4.78 is 0. The Morgan fingerprint density at radius 2 is 1.65 bits per heavy atom. The third-order valence-corrected chi connectivity index (χ3v) is 5.62. The molecule has 2 aliphatic rings. The van der Waals surface area contributed by atoms with Crippen LogP contribution in [0.3, 0.4) is 0 Å². The molecule has 2 heteroatoms. The van der Waals surface area contributed by atoms with Crippen molar-refractivity contribution in [1.82, 2.24) is 4.90 Å². The number of rotatable bonds is 3. The molecule has 122 valence electrons. The second kappa shape index (κ2) is 7.07. The van der Waals surface area contributed by atoms with Crippen LogP contribution in [0.4, 0.5) is 0 Å². The molecule has 0 unspecified atom stereocenters. The molecule has 1 nitrogen and oxygen atoms in total. The summed E-state index contributed by atoms with van der Waals surface area (Å²) in [5.41, 5.74) is 4.68. The monoisotopic (exact) mass is 327 g/mol. The van der Waals surface area contributed by atoms with Crippen LogP contribution in [-0.2, 0) is 0 Å². The molecular formula is C21H26ClN. The lowest BCUT2D eigenvalue weighted by molar-refractivity contribution is 0.220. The van der Waals surface area contributed by atoms with Crippen LogP contribution in [0.2, 0.25) is 0 Å². The van der Waals surface area contributed by atoms with E-state index in [1.807, 2.05) is 0 Å². The summed E-state index contributed by atoms with van der Waals surface area (Å²) >= 11 is 0. The van der Waals surface area contributed by atoms with Crippen molar-refractivity contribution < 1.29 is 0 Å². The fourth-order valence-electron chi connectivity index (χ4n) is 4.69. The Balaban J connectivity index is 0.00000156. The van der Waals surface area contributed by atoms with Gasteiger partial charge in [0.2, 0.25) is 0 Å². The Bertz CT molecular complexity index is 639. The molecule has 1 saturated heterocycles. The number of hydrogen-bond acceptors (Lipinski definition) is 1. The van der Waals surface area contributed by atoms with Gasteiger partial charge in [0, 0.05) is 17.9 Å². The quantitative estimate of drug-likeness (QED) is 0.747. The summed E-state index contributed by atoms with van der Waals surface area (Å²) in [6.45, 7) is 4.84. The third-order valence-electron chi connectivity index (χ3n) is 5.62. The molecule has 0 N–H and O–H groups in total. The molecule has 0 amide bonds. The van der Waals surface area contributed by atoms with Gasteiger partial charge in [-0.3, -0.25) is 4.90 Å². The number of hydrogen-bond donors (Lipinski definition) is 0. The van der Waals surface area contributed by atoms with Crippen molar-refractivity contribution in [3.8, 4) is 0 Å². The number of halogens is 1. The summed E-state index contributed by atoms with van der Waals surface area (Å²) in [5.74, 6) is 1.32. The molecule has 0 saturated carbocycles. The van der Waals surface area contributed by atoms with Crippen molar-refractivity contribution in [2.24, 2.45) is 0 Å². The molecule has 1 aliphatic heterocycles. The summed E-state index contributed by atoms with van der Waals surface area (Å²) in [6.07, 6.45) is 3.88. The maximum atomic E-state index is 2.75. The molecule has 1 aliphatic carbocycles. The van der Waals surface area contributed by atoms with E-state index in [0.29, 0.717) is 5.92 Å². The number of likely N-dealkylation sites (tertiary alicyclic amines) is 1. The Labute approximate surface area is 146 Å². The lowest BCUT2D eigenvalue weighted by Crippen LogP contribution is -2.37. The van der Waals surface area contributed by atoms with Gasteiger partial charge in [0.05, 0.1) is 0 Å². The highest BCUT2D eigenvalue weighted by Crippen LogP contribution is 2.48. The standard InChI is InChI=1S/C21H25N.ClH/c1-2-13-22-14-12-19-17-10-6-7-11-18(17)20(15-21(19)22)16-8-4-3-5-9-16;/h3-11,19-21H,2,12-15H2,1H3;1H/t19-,20+,21+;/m1./s1. The largest absolute Gasteiger partial charge is 0.300 e. The number of benzene rings is 2. The van der Waals surface area contributed by atoms with Gasteiger partial charge in [0.1, 0.15) is 0 Å². The first-order valence-corrected chi connectivity index (χ1v) is 8.76. The molecule has 4 rings (SSSR count). The normalized spacial score (nSPS) is 26.2. The maximum absolute atomic E-state index is 2.75. The van der Waals surface area contributed by atoms with Crippen molar-refractivity contribution in [2.75, 3.05) is 13.1 Å². The third kappa shape index (κ3) is 2.93. The highest BCUT2D eigenvalue weighted by molar-refractivity contribution is 5.85. The molecule has 3 atom stereocenters. The van der Waals surface area contributed by atoms with Crippen LogP contribution < -0.4 is 0 Å². The molecule has 1 heterocycles. The van der Waals surface area contributed by atoms with Crippen molar-refractivity contribution in [1.29, 1.82) is 0 Å². The Kier molecular flexibility index (Phi) is 5.08. The van der Waals surface area contributed by atoms with Crippen LogP contribution in [0.15, 0.2) is 54.6 Å². The summed E-state index contributed by atoms with van der Waals surface area (Å²) in [4.78, 5) is 2.75. The minimum absolute atomic E-state index is 0. The summed E-state index contributed by atoms with van der Waals surface area (Å²) in [6, 6.07) is 21.0.